The first kappa shape index (κ1) is 18.6. The molecular formula is C15H29N3O4S. The van der Waals surface area contributed by atoms with Crippen LogP contribution in [0, 0.1) is 5.92 Å². The molecule has 0 bridgehead atoms. The lowest BCUT2D eigenvalue weighted by Gasteiger charge is -2.39. The van der Waals surface area contributed by atoms with E-state index >= 15 is 0 Å². The molecule has 0 aliphatic carbocycles. The van der Waals surface area contributed by atoms with Gasteiger partial charge in [0.05, 0.1) is 18.3 Å². The van der Waals surface area contributed by atoms with Crippen LogP contribution in [0.5, 0.6) is 0 Å². The number of rotatable bonds is 5. The summed E-state index contributed by atoms with van der Waals surface area (Å²) in [5.41, 5.74) is 0. The van der Waals surface area contributed by atoms with Crippen LogP contribution >= 0.6 is 0 Å². The van der Waals surface area contributed by atoms with Crippen molar-refractivity contribution >= 4 is 15.9 Å². The van der Waals surface area contributed by atoms with Crippen LogP contribution in [0.25, 0.3) is 0 Å². The molecule has 2 aliphatic heterocycles. The second-order valence-electron chi connectivity index (χ2n) is 6.65. The zero-order valence-corrected chi connectivity index (χ0v) is 15.0. The van der Waals surface area contributed by atoms with Crippen LogP contribution in [-0.4, -0.2) is 91.7 Å². The minimum atomic E-state index is -3.22. The lowest BCUT2D eigenvalue weighted by atomic mass is 9.97. The Labute approximate surface area is 139 Å². The van der Waals surface area contributed by atoms with Gasteiger partial charge in [0.1, 0.15) is 0 Å². The number of aliphatic hydroxyl groups excluding tert-OH is 1. The molecule has 8 heteroatoms. The summed E-state index contributed by atoms with van der Waals surface area (Å²) in [6.07, 6.45) is 3.14. The molecule has 2 rings (SSSR count). The molecule has 0 aromatic rings. The summed E-state index contributed by atoms with van der Waals surface area (Å²) in [4.78, 5) is 16.7. The standard InChI is InChI=1S/C15H29N3O4S/c1-3-14(19)12-16-7-9-17(10-8-16)15(20)13-5-4-6-18(11-13)23(2,21)22/h13-14,19H,3-12H2,1-2H3/t13-,14+/m0/s1. The quantitative estimate of drug-likeness (QED) is 0.730. The smallest absolute Gasteiger partial charge is 0.227 e. The van der Waals surface area contributed by atoms with Gasteiger partial charge < -0.3 is 10.0 Å². The molecule has 2 atom stereocenters. The molecule has 0 aromatic carbocycles. The number of hydrogen-bond acceptors (Lipinski definition) is 5. The summed E-state index contributed by atoms with van der Waals surface area (Å²) < 4.78 is 24.8. The van der Waals surface area contributed by atoms with Gasteiger partial charge >= 0.3 is 0 Å². The molecule has 2 aliphatic rings. The van der Waals surface area contributed by atoms with Gasteiger partial charge in [-0.05, 0) is 19.3 Å². The maximum absolute atomic E-state index is 12.6. The molecule has 0 radical (unpaired) electrons. The summed E-state index contributed by atoms with van der Waals surface area (Å²) in [6, 6.07) is 0. The molecule has 23 heavy (non-hydrogen) atoms. The number of nitrogens with zero attached hydrogens (tertiary/aromatic N) is 3. The number of piperazine rings is 1. The maximum Gasteiger partial charge on any atom is 0.227 e. The van der Waals surface area contributed by atoms with Crippen molar-refractivity contribution in [2.75, 3.05) is 52.1 Å². The Hall–Kier alpha value is -0.700. The molecule has 0 saturated carbocycles. The van der Waals surface area contributed by atoms with E-state index in [0.717, 1.165) is 32.4 Å². The molecule has 134 valence electrons. The van der Waals surface area contributed by atoms with E-state index in [2.05, 4.69) is 4.90 Å². The molecule has 0 unspecified atom stereocenters. The molecule has 2 heterocycles. The summed E-state index contributed by atoms with van der Waals surface area (Å²) >= 11 is 0. The summed E-state index contributed by atoms with van der Waals surface area (Å²) in [5.74, 6) is -0.139. The number of piperidine rings is 1. The number of carbonyl (C=O) groups is 1. The first-order valence-corrected chi connectivity index (χ1v) is 10.3. The van der Waals surface area contributed by atoms with Crippen molar-refractivity contribution in [3.8, 4) is 0 Å². The highest BCUT2D eigenvalue weighted by Gasteiger charge is 2.33. The minimum Gasteiger partial charge on any atom is -0.392 e. The normalized spacial score (nSPS) is 26.2. The Morgan fingerprint density at radius 3 is 2.43 bits per heavy atom. The highest BCUT2D eigenvalue weighted by atomic mass is 32.2. The molecule has 2 saturated heterocycles. The number of sulfonamides is 1. The Balaban J connectivity index is 1.85. The van der Waals surface area contributed by atoms with E-state index in [9.17, 15) is 18.3 Å². The summed E-state index contributed by atoms with van der Waals surface area (Å²) in [6.45, 7) is 6.30. The van der Waals surface area contributed by atoms with Gasteiger partial charge in [-0.15, -0.1) is 0 Å². The molecule has 0 spiro atoms. The predicted octanol–water partition coefficient (Wildman–Crippen LogP) is -0.427. The molecular weight excluding hydrogens is 318 g/mol. The summed E-state index contributed by atoms with van der Waals surface area (Å²) in [7, 11) is -3.22. The van der Waals surface area contributed by atoms with Crippen molar-refractivity contribution in [1.29, 1.82) is 0 Å². The topological polar surface area (TPSA) is 81.2 Å². The Morgan fingerprint density at radius 2 is 1.87 bits per heavy atom. The first-order chi connectivity index (χ1) is 10.8. The van der Waals surface area contributed by atoms with Gasteiger partial charge in [0, 0.05) is 45.8 Å². The predicted molar refractivity (Wildman–Crippen MR) is 88.5 cm³/mol. The van der Waals surface area contributed by atoms with Crippen molar-refractivity contribution < 1.29 is 18.3 Å². The number of hydrogen-bond donors (Lipinski definition) is 1. The van der Waals surface area contributed by atoms with Gasteiger partial charge in [-0.1, -0.05) is 6.92 Å². The lowest BCUT2D eigenvalue weighted by molar-refractivity contribution is -0.138. The molecule has 2 fully saturated rings. The van der Waals surface area contributed by atoms with Crippen LogP contribution in [0.2, 0.25) is 0 Å². The average molecular weight is 347 g/mol. The molecule has 7 nitrogen and oxygen atoms in total. The van der Waals surface area contributed by atoms with Crippen LogP contribution in [0.4, 0.5) is 0 Å². The van der Waals surface area contributed by atoms with Crippen molar-refractivity contribution in [3.05, 3.63) is 0 Å². The van der Waals surface area contributed by atoms with E-state index in [4.69, 9.17) is 0 Å². The van der Waals surface area contributed by atoms with E-state index in [0.29, 0.717) is 32.7 Å². The monoisotopic (exact) mass is 347 g/mol. The second kappa shape index (κ2) is 7.92. The SMILES string of the molecule is CC[C@@H](O)CN1CCN(C(=O)[C@H]2CCCN(S(C)(=O)=O)C2)CC1. The van der Waals surface area contributed by atoms with E-state index in [1.807, 2.05) is 11.8 Å². The van der Waals surface area contributed by atoms with Gasteiger partial charge in [-0.2, -0.15) is 0 Å². The maximum atomic E-state index is 12.6. The van der Waals surface area contributed by atoms with Crippen LogP contribution in [0.15, 0.2) is 0 Å². The van der Waals surface area contributed by atoms with E-state index in [1.165, 1.54) is 10.6 Å². The van der Waals surface area contributed by atoms with Crippen molar-refractivity contribution in [2.45, 2.75) is 32.3 Å². The van der Waals surface area contributed by atoms with Crippen LogP contribution in [-0.2, 0) is 14.8 Å². The third-order valence-corrected chi connectivity index (χ3v) is 6.10. The fraction of sp³-hybridized carbons (Fsp3) is 0.933. The van der Waals surface area contributed by atoms with Gasteiger partial charge in [-0.3, -0.25) is 9.69 Å². The highest BCUT2D eigenvalue weighted by molar-refractivity contribution is 7.88. The number of amides is 1. The molecule has 1 N–H and O–H groups in total. The van der Waals surface area contributed by atoms with E-state index in [1.54, 1.807) is 0 Å². The second-order valence-corrected chi connectivity index (χ2v) is 8.63. The van der Waals surface area contributed by atoms with Crippen molar-refractivity contribution in [3.63, 3.8) is 0 Å². The fourth-order valence-electron chi connectivity index (χ4n) is 3.28. The number of β-amino-alcohol motifs (C(OH)–C–C–N with tert-alkyl or cyclic N) is 1. The molecule has 1 amide bonds. The zero-order valence-electron chi connectivity index (χ0n) is 14.1. The lowest BCUT2D eigenvalue weighted by Crippen LogP contribution is -2.53. The van der Waals surface area contributed by atoms with Crippen molar-refractivity contribution in [1.82, 2.24) is 14.1 Å². The Bertz CT molecular complexity index is 503. The van der Waals surface area contributed by atoms with Gasteiger partial charge in [0.25, 0.3) is 0 Å². The summed E-state index contributed by atoms with van der Waals surface area (Å²) in [5, 5.41) is 9.71. The fourth-order valence-corrected chi connectivity index (χ4v) is 4.19. The van der Waals surface area contributed by atoms with Gasteiger partial charge in [-0.25, -0.2) is 12.7 Å². The minimum absolute atomic E-state index is 0.0778. The average Bonchev–Trinajstić information content (AvgIpc) is 2.54. The number of aliphatic hydroxyl groups is 1. The van der Waals surface area contributed by atoms with Crippen molar-refractivity contribution in [2.24, 2.45) is 5.92 Å². The van der Waals surface area contributed by atoms with E-state index in [-0.39, 0.29) is 17.9 Å². The third kappa shape index (κ3) is 5.14. The Kier molecular flexibility index (Phi) is 6.41. The number of carbonyl (C=O) groups excluding carboxylic acids is 1. The van der Waals surface area contributed by atoms with Crippen LogP contribution < -0.4 is 0 Å². The van der Waals surface area contributed by atoms with E-state index < -0.39 is 10.0 Å². The largest absolute Gasteiger partial charge is 0.392 e. The zero-order chi connectivity index (χ0) is 17.0. The van der Waals surface area contributed by atoms with Gasteiger partial charge in [0.15, 0.2) is 0 Å². The van der Waals surface area contributed by atoms with Crippen LogP contribution in [0.1, 0.15) is 26.2 Å². The molecule has 0 aromatic heterocycles. The third-order valence-electron chi connectivity index (χ3n) is 4.83. The van der Waals surface area contributed by atoms with Crippen LogP contribution in [0.3, 0.4) is 0 Å². The first-order valence-electron chi connectivity index (χ1n) is 8.45. The Morgan fingerprint density at radius 1 is 1.22 bits per heavy atom. The highest BCUT2D eigenvalue weighted by Crippen LogP contribution is 2.21. The van der Waals surface area contributed by atoms with Gasteiger partial charge in [0.2, 0.25) is 15.9 Å².